The van der Waals surface area contributed by atoms with Gasteiger partial charge in [0.05, 0.1) is 13.0 Å². The van der Waals surface area contributed by atoms with Gasteiger partial charge in [0.2, 0.25) is 5.88 Å². The number of carbonyl (C=O) groups excluding carboxylic acids is 1. The molecule has 0 saturated heterocycles. The number of benzene rings is 1. The van der Waals surface area contributed by atoms with E-state index in [1.807, 2.05) is 31.2 Å². The minimum absolute atomic E-state index is 0.191. The van der Waals surface area contributed by atoms with E-state index in [1.54, 1.807) is 0 Å². The van der Waals surface area contributed by atoms with Crippen molar-refractivity contribution in [3.63, 3.8) is 0 Å². The Morgan fingerprint density at radius 3 is 2.68 bits per heavy atom. The number of aromatic nitrogens is 1. The summed E-state index contributed by atoms with van der Waals surface area (Å²) in [4.78, 5) is 16.4. The van der Waals surface area contributed by atoms with Crippen molar-refractivity contribution in [2.45, 2.75) is 64.4 Å². The molecule has 1 heterocycles. The summed E-state index contributed by atoms with van der Waals surface area (Å²) >= 11 is 0. The van der Waals surface area contributed by atoms with Crippen LogP contribution in [0, 0.1) is 0 Å². The lowest BCUT2D eigenvalue weighted by Crippen LogP contribution is -2.13. The second kappa shape index (κ2) is 8.63. The van der Waals surface area contributed by atoms with Crippen LogP contribution in [-0.2, 0) is 28.8 Å². The van der Waals surface area contributed by atoms with Crippen molar-refractivity contribution >= 4 is 17.3 Å². The third-order valence-corrected chi connectivity index (χ3v) is 5.50. The highest BCUT2D eigenvalue weighted by Crippen LogP contribution is 2.34. The molecule has 2 aliphatic carbocycles. The van der Waals surface area contributed by atoms with Gasteiger partial charge in [-0.2, -0.15) is 0 Å². The van der Waals surface area contributed by atoms with Gasteiger partial charge in [0, 0.05) is 23.1 Å². The molecule has 0 atom stereocenters. The molecular formula is C23H28N2O3. The maximum atomic E-state index is 11.6. The normalized spacial score (nSPS) is 16.0. The first-order valence-corrected chi connectivity index (χ1v) is 10.4. The van der Waals surface area contributed by atoms with Gasteiger partial charge in [0.15, 0.2) is 0 Å². The molecule has 28 heavy (non-hydrogen) atoms. The first-order chi connectivity index (χ1) is 13.7. The Balaban J connectivity index is 1.49. The number of pyridine rings is 1. The summed E-state index contributed by atoms with van der Waals surface area (Å²) in [5.74, 6) is 0.554. The van der Waals surface area contributed by atoms with Crippen LogP contribution in [0.3, 0.4) is 0 Å². The van der Waals surface area contributed by atoms with E-state index in [4.69, 9.17) is 14.5 Å². The highest BCUT2D eigenvalue weighted by atomic mass is 16.5. The number of fused-ring (bicyclic) bond motifs is 1. The molecule has 1 aromatic heterocycles. The first kappa shape index (κ1) is 18.8. The molecule has 1 N–H and O–H groups in total. The number of esters is 1. The van der Waals surface area contributed by atoms with Crippen LogP contribution < -0.4 is 10.1 Å². The maximum Gasteiger partial charge on any atom is 0.310 e. The molecule has 2 aliphatic rings. The van der Waals surface area contributed by atoms with Crippen molar-refractivity contribution in [3.05, 3.63) is 47.2 Å². The maximum absolute atomic E-state index is 11.6. The molecular weight excluding hydrogens is 352 g/mol. The first-order valence-electron chi connectivity index (χ1n) is 10.4. The zero-order valence-electron chi connectivity index (χ0n) is 16.5. The Labute approximate surface area is 166 Å². The molecule has 0 bridgehead atoms. The molecule has 0 unspecified atom stereocenters. The fourth-order valence-corrected chi connectivity index (χ4v) is 4.11. The predicted molar refractivity (Wildman–Crippen MR) is 109 cm³/mol. The Hall–Kier alpha value is -2.56. The summed E-state index contributed by atoms with van der Waals surface area (Å²) in [5.41, 5.74) is 5.51. The van der Waals surface area contributed by atoms with E-state index < -0.39 is 0 Å². The van der Waals surface area contributed by atoms with Gasteiger partial charge in [-0.25, -0.2) is 4.98 Å². The fraction of sp³-hybridized carbons (Fsp3) is 0.478. The fourth-order valence-electron chi connectivity index (χ4n) is 4.11. The van der Waals surface area contributed by atoms with Gasteiger partial charge < -0.3 is 14.8 Å². The molecule has 1 aromatic carbocycles. The molecule has 0 radical (unpaired) electrons. The van der Waals surface area contributed by atoms with Crippen LogP contribution in [0.1, 0.15) is 55.8 Å². The highest BCUT2D eigenvalue weighted by molar-refractivity contribution is 5.73. The average Bonchev–Trinajstić information content (AvgIpc) is 3.35. The molecule has 0 spiro atoms. The van der Waals surface area contributed by atoms with Crippen LogP contribution in [0.15, 0.2) is 30.3 Å². The molecule has 5 nitrogen and oxygen atoms in total. The second-order valence-electron chi connectivity index (χ2n) is 7.61. The number of anilines is 2. The molecule has 0 amide bonds. The summed E-state index contributed by atoms with van der Waals surface area (Å²) in [6.45, 7) is 2.24. The minimum atomic E-state index is -0.191. The molecule has 0 aliphatic heterocycles. The average molecular weight is 380 g/mol. The molecule has 148 valence electrons. The van der Waals surface area contributed by atoms with E-state index in [1.165, 1.54) is 18.4 Å². The quantitative estimate of drug-likeness (QED) is 0.703. The van der Waals surface area contributed by atoms with Crippen molar-refractivity contribution in [2.24, 2.45) is 0 Å². The van der Waals surface area contributed by atoms with Crippen LogP contribution in [0.5, 0.6) is 5.88 Å². The Kier molecular flexibility index (Phi) is 5.79. The largest absolute Gasteiger partial charge is 0.474 e. The Morgan fingerprint density at radius 1 is 1.14 bits per heavy atom. The third-order valence-electron chi connectivity index (χ3n) is 5.50. The van der Waals surface area contributed by atoms with Crippen LogP contribution in [0.25, 0.3) is 0 Å². The lowest BCUT2D eigenvalue weighted by atomic mass is 10.1. The number of rotatable bonds is 7. The Bertz CT molecular complexity index is 826. The van der Waals surface area contributed by atoms with E-state index in [-0.39, 0.29) is 5.97 Å². The van der Waals surface area contributed by atoms with E-state index in [0.29, 0.717) is 19.1 Å². The van der Waals surface area contributed by atoms with Crippen LogP contribution in [0.2, 0.25) is 0 Å². The zero-order valence-corrected chi connectivity index (χ0v) is 16.5. The van der Waals surface area contributed by atoms with Crippen molar-refractivity contribution < 1.29 is 14.3 Å². The molecule has 4 rings (SSSR count). The monoisotopic (exact) mass is 380 g/mol. The highest BCUT2D eigenvalue weighted by Gasteiger charge is 2.22. The Morgan fingerprint density at radius 2 is 1.93 bits per heavy atom. The van der Waals surface area contributed by atoms with E-state index in [9.17, 15) is 4.79 Å². The minimum Gasteiger partial charge on any atom is -0.474 e. The predicted octanol–water partition coefficient (Wildman–Crippen LogP) is 4.74. The van der Waals surface area contributed by atoms with Crippen molar-refractivity contribution in [3.8, 4) is 5.88 Å². The molecule has 5 heteroatoms. The number of hydrogen-bond acceptors (Lipinski definition) is 5. The van der Waals surface area contributed by atoms with Gasteiger partial charge in [-0.3, -0.25) is 4.79 Å². The van der Waals surface area contributed by atoms with E-state index >= 15 is 0 Å². The van der Waals surface area contributed by atoms with E-state index in [2.05, 4.69) is 11.4 Å². The SMILES string of the molecule is CCOC(=O)Cc1ccc(Nc2cc(OC3CCCC3)nc3c2CCC3)cc1. The van der Waals surface area contributed by atoms with Gasteiger partial charge in [-0.15, -0.1) is 0 Å². The lowest BCUT2D eigenvalue weighted by molar-refractivity contribution is -0.142. The van der Waals surface area contributed by atoms with Gasteiger partial charge in [0.1, 0.15) is 6.10 Å². The van der Waals surface area contributed by atoms with E-state index in [0.717, 1.165) is 60.6 Å². The topological polar surface area (TPSA) is 60.5 Å². The molecule has 2 aromatic rings. The summed E-state index contributed by atoms with van der Waals surface area (Å²) in [5, 5.41) is 3.54. The number of nitrogens with zero attached hydrogens (tertiary/aromatic N) is 1. The van der Waals surface area contributed by atoms with Crippen molar-refractivity contribution in [1.82, 2.24) is 4.98 Å². The van der Waals surface area contributed by atoms with Gasteiger partial charge in [-0.05, 0) is 75.1 Å². The van der Waals surface area contributed by atoms with Crippen LogP contribution >= 0.6 is 0 Å². The number of ether oxygens (including phenoxy) is 2. The summed E-state index contributed by atoms with van der Waals surface area (Å²) in [6, 6.07) is 10.0. The van der Waals surface area contributed by atoms with Gasteiger partial charge in [0.25, 0.3) is 0 Å². The summed E-state index contributed by atoms with van der Waals surface area (Å²) in [6.07, 6.45) is 8.58. The lowest BCUT2D eigenvalue weighted by Gasteiger charge is -2.17. The summed E-state index contributed by atoms with van der Waals surface area (Å²) in [7, 11) is 0. The number of hydrogen-bond donors (Lipinski definition) is 1. The van der Waals surface area contributed by atoms with Crippen LogP contribution in [0.4, 0.5) is 11.4 Å². The number of carbonyl (C=O) groups is 1. The zero-order chi connectivity index (χ0) is 19.3. The van der Waals surface area contributed by atoms with Crippen LogP contribution in [-0.4, -0.2) is 23.7 Å². The third kappa shape index (κ3) is 4.46. The number of nitrogens with one attached hydrogen (secondary N) is 1. The number of aryl methyl sites for hydroxylation is 1. The van der Waals surface area contributed by atoms with Gasteiger partial charge >= 0.3 is 5.97 Å². The second-order valence-corrected chi connectivity index (χ2v) is 7.61. The summed E-state index contributed by atoms with van der Waals surface area (Å²) < 4.78 is 11.2. The van der Waals surface area contributed by atoms with Gasteiger partial charge in [-0.1, -0.05) is 12.1 Å². The van der Waals surface area contributed by atoms with Crippen molar-refractivity contribution in [2.75, 3.05) is 11.9 Å². The molecule has 1 saturated carbocycles. The smallest absolute Gasteiger partial charge is 0.310 e. The standard InChI is InChI=1S/C23H28N2O3/c1-2-27-23(26)14-16-10-12-17(13-11-16)24-21-15-22(28-18-6-3-4-7-18)25-20-9-5-8-19(20)21/h10-13,15,18H,2-9,14H2,1H3,(H,24,25). The molecule has 1 fully saturated rings. The van der Waals surface area contributed by atoms with Crippen molar-refractivity contribution in [1.29, 1.82) is 0 Å².